The van der Waals surface area contributed by atoms with E-state index in [1.54, 1.807) is 11.0 Å². The van der Waals surface area contributed by atoms with E-state index < -0.39 is 11.6 Å². The number of anilines is 2. The Morgan fingerprint density at radius 1 is 1.23 bits per heavy atom. The van der Waals surface area contributed by atoms with Gasteiger partial charge in [-0.05, 0) is 25.0 Å². The SMILES string of the molecule is N#CCC(=O)N1CCC[C@@H](Nc2nc(-c3cnc4ccc(F)cn34)nc(N3CCNCC3)c2F)C1. The fraction of sp³-hybridized carbons (Fsp3) is 0.435. The molecule has 5 heterocycles. The summed E-state index contributed by atoms with van der Waals surface area (Å²) in [6, 6.07) is 4.52. The third-order valence-electron chi connectivity index (χ3n) is 6.29. The molecule has 182 valence electrons. The number of fused-ring (bicyclic) bond motifs is 1. The lowest BCUT2D eigenvalue weighted by Crippen LogP contribution is -2.46. The summed E-state index contributed by atoms with van der Waals surface area (Å²) in [6.07, 6.45) is 4.10. The first-order chi connectivity index (χ1) is 17.0. The van der Waals surface area contributed by atoms with Gasteiger partial charge in [0.05, 0.1) is 12.3 Å². The molecule has 3 aromatic heterocycles. The van der Waals surface area contributed by atoms with Crippen molar-refractivity contribution < 1.29 is 13.6 Å². The Hall–Kier alpha value is -3.85. The molecule has 2 aliphatic rings. The number of aromatic nitrogens is 4. The van der Waals surface area contributed by atoms with E-state index in [0.717, 1.165) is 12.8 Å². The Morgan fingerprint density at radius 2 is 2.06 bits per heavy atom. The summed E-state index contributed by atoms with van der Waals surface area (Å²) in [5.74, 6) is -0.848. The van der Waals surface area contributed by atoms with E-state index in [9.17, 15) is 9.18 Å². The van der Waals surface area contributed by atoms with Gasteiger partial charge in [-0.25, -0.2) is 19.3 Å². The molecule has 0 aliphatic carbocycles. The van der Waals surface area contributed by atoms with Crippen molar-refractivity contribution in [2.24, 2.45) is 0 Å². The van der Waals surface area contributed by atoms with Gasteiger partial charge in [0, 0.05) is 51.5 Å². The van der Waals surface area contributed by atoms with Crippen LogP contribution in [0.5, 0.6) is 0 Å². The number of carbonyl (C=O) groups excluding carboxylic acids is 1. The molecule has 2 fully saturated rings. The van der Waals surface area contributed by atoms with Crippen LogP contribution in [0.3, 0.4) is 0 Å². The molecule has 0 saturated carbocycles. The predicted octanol–water partition coefficient (Wildman–Crippen LogP) is 1.80. The number of pyridine rings is 1. The van der Waals surface area contributed by atoms with E-state index in [2.05, 4.69) is 25.6 Å². The minimum Gasteiger partial charge on any atom is -0.363 e. The molecule has 1 amide bonds. The van der Waals surface area contributed by atoms with Crippen LogP contribution in [0, 0.1) is 23.0 Å². The van der Waals surface area contributed by atoms with Gasteiger partial charge in [0.15, 0.2) is 17.5 Å². The standard InChI is InChI=1S/C23H25F2N9O/c24-15-3-4-18-28-12-17(34(18)13-15)21-30-22(20(25)23(31-21)32-10-7-27-8-11-32)29-16-2-1-9-33(14-16)19(35)5-6-26/h3-4,12-13,16,27H,1-2,5,7-11,14H2,(H,29,30,31)/t16-/m1/s1. The number of amides is 1. The molecule has 2 N–H and O–H groups in total. The molecule has 2 saturated heterocycles. The van der Waals surface area contributed by atoms with Gasteiger partial charge in [0.2, 0.25) is 11.7 Å². The number of hydrogen-bond acceptors (Lipinski definition) is 8. The topological polar surface area (TPSA) is 114 Å². The lowest BCUT2D eigenvalue weighted by atomic mass is 10.1. The van der Waals surface area contributed by atoms with Crippen molar-refractivity contribution in [3.63, 3.8) is 0 Å². The average Bonchev–Trinajstić information content (AvgIpc) is 3.29. The van der Waals surface area contributed by atoms with Crippen LogP contribution < -0.4 is 15.5 Å². The van der Waals surface area contributed by atoms with Gasteiger partial charge in [-0.2, -0.15) is 9.65 Å². The number of halogens is 2. The summed E-state index contributed by atoms with van der Waals surface area (Å²) in [5, 5.41) is 15.3. The Bertz CT molecular complexity index is 1280. The van der Waals surface area contributed by atoms with Crippen molar-refractivity contribution in [3.05, 3.63) is 36.2 Å². The largest absolute Gasteiger partial charge is 0.363 e. The number of imidazole rings is 1. The first kappa shape index (κ1) is 22.9. The van der Waals surface area contributed by atoms with Crippen molar-refractivity contribution >= 4 is 23.2 Å². The molecule has 0 aromatic carbocycles. The van der Waals surface area contributed by atoms with Crippen LogP contribution >= 0.6 is 0 Å². The number of rotatable bonds is 5. The summed E-state index contributed by atoms with van der Waals surface area (Å²) in [6.45, 7) is 3.46. The van der Waals surface area contributed by atoms with E-state index in [1.165, 1.54) is 22.9 Å². The Kier molecular flexibility index (Phi) is 6.41. The molecule has 35 heavy (non-hydrogen) atoms. The van der Waals surface area contributed by atoms with Gasteiger partial charge >= 0.3 is 0 Å². The second-order valence-corrected chi connectivity index (χ2v) is 8.65. The highest BCUT2D eigenvalue weighted by molar-refractivity contribution is 5.78. The van der Waals surface area contributed by atoms with Crippen LogP contribution in [0.2, 0.25) is 0 Å². The average molecular weight is 482 g/mol. The van der Waals surface area contributed by atoms with E-state index >= 15 is 4.39 Å². The number of likely N-dealkylation sites (tertiary alicyclic amines) is 1. The fourth-order valence-corrected chi connectivity index (χ4v) is 4.55. The van der Waals surface area contributed by atoms with Gasteiger partial charge in [0.1, 0.15) is 23.6 Å². The number of carbonyl (C=O) groups is 1. The summed E-state index contributed by atoms with van der Waals surface area (Å²) in [7, 11) is 0. The molecular weight excluding hydrogens is 456 g/mol. The lowest BCUT2D eigenvalue weighted by Gasteiger charge is -2.34. The maximum absolute atomic E-state index is 15.7. The summed E-state index contributed by atoms with van der Waals surface area (Å²) < 4.78 is 31.2. The van der Waals surface area contributed by atoms with Crippen LogP contribution in [0.25, 0.3) is 17.2 Å². The number of nitrogens with zero attached hydrogens (tertiary/aromatic N) is 7. The van der Waals surface area contributed by atoms with Gasteiger partial charge < -0.3 is 20.4 Å². The van der Waals surface area contributed by atoms with Gasteiger partial charge in [-0.1, -0.05) is 0 Å². The molecule has 0 bridgehead atoms. The first-order valence-corrected chi connectivity index (χ1v) is 11.6. The predicted molar refractivity (Wildman–Crippen MR) is 125 cm³/mol. The third-order valence-corrected chi connectivity index (χ3v) is 6.29. The molecular formula is C23H25F2N9O. The number of piperazine rings is 1. The molecule has 12 heteroatoms. The monoisotopic (exact) mass is 481 g/mol. The van der Waals surface area contributed by atoms with Crippen LogP contribution in [-0.4, -0.2) is 75.5 Å². The molecule has 3 aromatic rings. The minimum absolute atomic E-state index is 0.0227. The smallest absolute Gasteiger partial charge is 0.236 e. The normalized spacial score (nSPS) is 18.5. The van der Waals surface area contributed by atoms with Crippen molar-refractivity contribution in [1.82, 2.24) is 29.6 Å². The molecule has 1 atom stereocenters. The van der Waals surface area contributed by atoms with E-state index in [1.807, 2.05) is 11.0 Å². The zero-order valence-corrected chi connectivity index (χ0v) is 19.0. The first-order valence-electron chi connectivity index (χ1n) is 11.6. The van der Waals surface area contributed by atoms with E-state index in [4.69, 9.17) is 5.26 Å². The summed E-state index contributed by atoms with van der Waals surface area (Å²) in [5.41, 5.74) is 0.958. The lowest BCUT2D eigenvalue weighted by molar-refractivity contribution is -0.131. The Labute approximate surface area is 200 Å². The van der Waals surface area contributed by atoms with Gasteiger partial charge in [-0.15, -0.1) is 0 Å². The second kappa shape index (κ2) is 9.79. The van der Waals surface area contributed by atoms with Crippen molar-refractivity contribution in [2.75, 3.05) is 49.5 Å². The van der Waals surface area contributed by atoms with Crippen molar-refractivity contribution in [2.45, 2.75) is 25.3 Å². The molecule has 0 unspecified atom stereocenters. The van der Waals surface area contributed by atoms with Gasteiger partial charge in [-0.3, -0.25) is 9.20 Å². The quantitative estimate of drug-likeness (QED) is 0.567. The number of nitriles is 1. The Morgan fingerprint density at radius 3 is 2.86 bits per heavy atom. The number of hydrogen-bond donors (Lipinski definition) is 2. The highest BCUT2D eigenvalue weighted by Gasteiger charge is 2.27. The van der Waals surface area contributed by atoms with Crippen LogP contribution in [0.1, 0.15) is 19.3 Å². The molecule has 0 radical (unpaired) electrons. The zero-order valence-electron chi connectivity index (χ0n) is 19.0. The number of nitrogens with one attached hydrogen (secondary N) is 2. The van der Waals surface area contributed by atoms with Crippen LogP contribution in [0.4, 0.5) is 20.4 Å². The van der Waals surface area contributed by atoms with E-state index in [0.29, 0.717) is 50.6 Å². The summed E-state index contributed by atoms with van der Waals surface area (Å²) >= 11 is 0. The third kappa shape index (κ3) is 4.72. The van der Waals surface area contributed by atoms with Crippen LogP contribution in [-0.2, 0) is 4.79 Å². The fourth-order valence-electron chi connectivity index (χ4n) is 4.55. The molecule has 0 spiro atoms. The zero-order chi connectivity index (χ0) is 24.4. The van der Waals surface area contributed by atoms with Crippen molar-refractivity contribution in [3.8, 4) is 17.6 Å². The number of piperidine rings is 1. The molecule has 2 aliphatic heterocycles. The van der Waals surface area contributed by atoms with Crippen molar-refractivity contribution in [1.29, 1.82) is 5.26 Å². The minimum atomic E-state index is -0.573. The van der Waals surface area contributed by atoms with E-state index in [-0.39, 0.29) is 35.8 Å². The Balaban J connectivity index is 1.52. The summed E-state index contributed by atoms with van der Waals surface area (Å²) in [4.78, 5) is 29.0. The molecule has 10 nitrogen and oxygen atoms in total. The molecule has 5 rings (SSSR count). The van der Waals surface area contributed by atoms with Gasteiger partial charge in [0.25, 0.3) is 0 Å². The highest BCUT2D eigenvalue weighted by Crippen LogP contribution is 2.29. The highest BCUT2D eigenvalue weighted by atomic mass is 19.1. The van der Waals surface area contributed by atoms with Crippen LogP contribution in [0.15, 0.2) is 24.5 Å². The maximum atomic E-state index is 15.7. The maximum Gasteiger partial charge on any atom is 0.236 e. The second-order valence-electron chi connectivity index (χ2n) is 8.65.